The number of carbonyl (C=O) groups is 1. The second-order valence-electron chi connectivity index (χ2n) is 9.19. The van der Waals surface area contributed by atoms with Gasteiger partial charge in [-0.3, -0.25) is 13.8 Å². The highest BCUT2D eigenvalue weighted by molar-refractivity contribution is 14.2. The maximum atomic E-state index is 15.5. The summed E-state index contributed by atoms with van der Waals surface area (Å²) in [4.78, 5) is 32.2. The van der Waals surface area contributed by atoms with Gasteiger partial charge in [0.1, 0.15) is 17.7 Å². The quantitative estimate of drug-likeness (QED) is 0.230. The minimum Gasteiger partial charge on any atom is -0.371 e. The van der Waals surface area contributed by atoms with E-state index in [1.165, 1.54) is 27.9 Å². The van der Waals surface area contributed by atoms with E-state index in [2.05, 4.69) is 51.4 Å². The molecule has 8 nitrogen and oxygen atoms in total. The van der Waals surface area contributed by atoms with Gasteiger partial charge >= 0.3 is 0 Å². The Bertz CT molecular complexity index is 1640. The zero-order valence-electron chi connectivity index (χ0n) is 20.3. The number of halogens is 2. The van der Waals surface area contributed by atoms with Crippen molar-refractivity contribution in [2.75, 3.05) is 18.0 Å². The van der Waals surface area contributed by atoms with Crippen molar-refractivity contribution in [1.82, 2.24) is 29.2 Å². The summed E-state index contributed by atoms with van der Waals surface area (Å²) < 4.78 is 17.4. The molecule has 1 fully saturated rings. The van der Waals surface area contributed by atoms with E-state index in [1.807, 2.05) is 28.4 Å². The van der Waals surface area contributed by atoms with Crippen molar-refractivity contribution in [3.05, 3.63) is 78.5 Å². The maximum Gasteiger partial charge on any atom is 0.253 e. The third-order valence-corrected chi connectivity index (χ3v) is 8.50. The maximum absolute atomic E-state index is 15.5. The van der Waals surface area contributed by atoms with E-state index in [0.717, 1.165) is 59.1 Å². The molecule has 38 heavy (non-hydrogen) atoms. The second-order valence-corrected chi connectivity index (χ2v) is 10.9. The van der Waals surface area contributed by atoms with Crippen molar-refractivity contribution >= 4 is 63.9 Å². The van der Waals surface area contributed by atoms with Gasteiger partial charge in [-0.2, -0.15) is 0 Å². The predicted octanol–water partition coefficient (Wildman–Crippen LogP) is 5.95. The van der Waals surface area contributed by atoms with Crippen LogP contribution in [-0.4, -0.2) is 42.9 Å². The van der Waals surface area contributed by atoms with E-state index >= 15 is 4.39 Å². The molecule has 0 aliphatic carbocycles. The summed E-state index contributed by atoms with van der Waals surface area (Å²) in [5.41, 5.74) is 4.82. The van der Waals surface area contributed by atoms with Gasteiger partial charge in [-0.1, -0.05) is 0 Å². The largest absolute Gasteiger partial charge is 0.371 e. The molecule has 6 rings (SSSR count). The third kappa shape index (κ3) is 4.80. The Morgan fingerprint density at radius 2 is 1.87 bits per heavy atom. The molecule has 0 spiro atoms. The van der Waals surface area contributed by atoms with Gasteiger partial charge in [-0.05, 0) is 49.1 Å². The zero-order chi connectivity index (χ0) is 26.1. The van der Waals surface area contributed by atoms with E-state index < -0.39 is 0 Å². The van der Waals surface area contributed by atoms with E-state index in [0.29, 0.717) is 23.3 Å². The van der Waals surface area contributed by atoms with Crippen LogP contribution in [0.1, 0.15) is 35.2 Å². The van der Waals surface area contributed by atoms with Crippen LogP contribution < -0.4 is 10.2 Å². The molecule has 0 radical (unpaired) electrons. The number of nitrogens with zero attached hydrogens (tertiary/aromatic N) is 6. The Kier molecular flexibility index (Phi) is 7.11. The highest BCUT2D eigenvalue weighted by Gasteiger charge is 2.20. The molecule has 11 heteroatoms. The molecule has 0 atom stereocenters. The number of fused-ring (bicyclic) bond motifs is 2. The Labute approximate surface area is 234 Å². The average Bonchev–Trinajstić information content (AvgIpc) is 3.35. The first-order chi connectivity index (χ1) is 18.6. The SMILES string of the molecule is O=C(NCc1cncnc1)c1cnc2c(c1)c(-c1cc(F)c3nccc(N4CCCCC4)c3c1)cn2SI. The fraction of sp³-hybridized carbons (Fsp3) is 0.222. The number of pyridine rings is 2. The zero-order valence-corrected chi connectivity index (χ0v) is 23.2. The first-order valence-electron chi connectivity index (χ1n) is 12.3. The molecule has 5 heterocycles. The number of amides is 1. The summed E-state index contributed by atoms with van der Waals surface area (Å²) in [6, 6.07) is 7.32. The van der Waals surface area contributed by atoms with Gasteiger partial charge < -0.3 is 10.2 Å². The first kappa shape index (κ1) is 25.0. The number of aromatic nitrogens is 5. The molecule has 1 N–H and O–H groups in total. The lowest BCUT2D eigenvalue weighted by Crippen LogP contribution is -2.29. The molecule has 0 saturated carbocycles. The minimum atomic E-state index is -0.369. The van der Waals surface area contributed by atoms with Crippen LogP contribution in [0.2, 0.25) is 0 Å². The first-order valence-corrected chi connectivity index (χ1v) is 15.6. The number of hydrogen-bond acceptors (Lipinski definition) is 7. The van der Waals surface area contributed by atoms with Crippen molar-refractivity contribution in [2.45, 2.75) is 25.8 Å². The Hall–Kier alpha value is -3.32. The lowest BCUT2D eigenvalue weighted by molar-refractivity contribution is 0.0950. The van der Waals surface area contributed by atoms with Crippen LogP contribution in [0, 0.1) is 5.82 Å². The molecule has 5 aromatic rings. The second kappa shape index (κ2) is 10.8. The Morgan fingerprint density at radius 1 is 1.05 bits per heavy atom. The third-order valence-electron chi connectivity index (χ3n) is 6.80. The van der Waals surface area contributed by atoms with Gasteiger partial charge in [0.25, 0.3) is 5.91 Å². The molecule has 1 aliphatic heterocycles. The molecule has 1 aliphatic rings. The molecule has 1 amide bonds. The van der Waals surface area contributed by atoms with Gasteiger partial charge in [0.05, 0.1) is 5.56 Å². The fourth-order valence-corrected chi connectivity index (χ4v) is 6.21. The number of hydrogen-bond donors (Lipinski definition) is 1. The van der Waals surface area contributed by atoms with Crippen LogP contribution in [0.25, 0.3) is 33.1 Å². The normalized spacial score (nSPS) is 13.8. The van der Waals surface area contributed by atoms with Gasteiger partial charge in [0.15, 0.2) is 5.65 Å². The molecule has 1 saturated heterocycles. The van der Waals surface area contributed by atoms with Crippen LogP contribution in [0.3, 0.4) is 0 Å². The van der Waals surface area contributed by atoms with Crippen molar-refractivity contribution in [3.8, 4) is 11.1 Å². The van der Waals surface area contributed by atoms with Gasteiger partial charge in [0.2, 0.25) is 0 Å². The topological polar surface area (TPSA) is 88.8 Å². The van der Waals surface area contributed by atoms with E-state index in [9.17, 15) is 4.79 Å². The van der Waals surface area contributed by atoms with Gasteiger partial charge in [-0.25, -0.2) is 19.3 Å². The number of anilines is 1. The van der Waals surface area contributed by atoms with Gasteiger partial charge in [-0.15, -0.1) is 0 Å². The molecule has 192 valence electrons. The van der Waals surface area contributed by atoms with Crippen molar-refractivity contribution in [2.24, 2.45) is 0 Å². The summed E-state index contributed by atoms with van der Waals surface area (Å²) >= 11 is 2.19. The van der Waals surface area contributed by atoms with Crippen molar-refractivity contribution < 1.29 is 9.18 Å². The lowest BCUT2D eigenvalue weighted by Gasteiger charge is -2.29. The lowest BCUT2D eigenvalue weighted by atomic mass is 10.0. The summed E-state index contributed by atoms with van der Waals surface area (Å²) in [5.74, 6) is -0.628. The van der Waals surface area contributed by atoms with Gasteiger partial charge in [0, 0.05) is 109 Å². The Balaban J connectivity index is 1.42. The van der Waals surface area contributed by atoms with Crippen LogP contribution >= 0.6 is 30.3 Å². The van der Waals surface area contributed by atoms with Crippen molar-refractivity contribution in [1.29, 1.82) is 0 Å². The molecular formula is C27H23FIN7OS. The average molecular weight is 639 g/mol. The number of carbonyl (C=O) groups excluding carboxylic acids is 1. The Morgan fingerprint density at radius 3 is 2.66 bits per heavy atom. The minimum absolute atomic E-state index is 0.259. The fourth-order valence-electron chi connectivity index (χ4n) is 4.96. The standard InChI is InChI=1S/C27H23FIN7OS/c28-23-10-18(8-21-24(4-5-32-25(21)23)35-6-2-1-3-7-35)22-15-36(38-29)26-20(22)9-19(14-33-26)27(37)34-13-17-11-30-16-31-12-17/h4-5,8-12,14-16H,1-3,6-7,13H2,(H,34,37). The molecular weight excluding hydrogens is 616 g/mol. The monoisotopic (exact) mass is 639 g/mol. The number of nitrogens with one attached hydrogen (secondary N) is 1. The molecule has 0 unspecified atom stereocenters. The van der Waals surface area contributed by atoms with Crippen molar-refractivity contribution in [3.63, 3.8) is 0 Å². The molecule has 0 bridgehead atoms. The number of benzene rings is 1. The molecule has 1 aromatic carbocycles. The predicted molar refractivity (Wildman–Crippen MR) is 157 cm³/mol. The highest BCUT2D eigenvalue weighted by atomic mass is 127. The van der Waals surface area contributed by atoms with E-state index in [1.54, 1.807) is 24.8 Å². The van der Waals surface area contributed by atoms with Crippen LogP contribution in [0.4, 0.5) is 10.1 Å². The summed E-state index contributed by atoms with van der Waals surface area (Å²) in [6.45, 7) is 2.21. The summed E-state index contributed by atoms with van der Waals surface area (Å²) in [7, 11) is 1.46. The summed E-state index contributed by atoms with van der Waals surface area (Å²) in [5, 5.41) is 4.45. The number of rotatable bonds is 6. The van der Waals surface area contributed by atoms with E-state index in [-0.39, 0.29) is 11.7 Å². The smallest absolute Gasteiger partial charge is 0.253 e. The van der Waals surface area contributed by atoms with E-state index in [4.69, 9.17) is 0 Å². The highest BCUT2D eigenvalue weighted by Crippen LogP contribution is 2.38. The molecule has 4 aromatic heterocycles. The van der Waals surface area contributed by atoms with Crippen LogP contribution in [0.15, 0.2) is 61.6 Å². The van der Waals surface area contributed by atoms with Crippen LogP contribution in [-0.2, 0) is 6.54 Å². The number of piperidine rings is 1. The summed E-state index contributed by atoms with van der Waals surface area (Å²) in [6.07, 6.45) is 13.4. The van der Waals surface area contributed by atoms with Crippen LogP contribution in [0.5, 0.6) is 0 Å².